The van der Waals surface area contributed by atoms with Crippen LogP contribution in [-0.2, 0) is 0 Å². The van der Waals surface area contributed by atoms with Gasteiger partial charge in [-0.2, -0.15) is 0 Å². The minimum absolute atomic E-state index is 0.139. The monoisotopic (exact) mass is 164 g/mol. The van der Waals surface area contributed by atoms with E-state index in [4.69, 9.17) is 5.11 Å². The van der Waals surface area contributed by atoms with Gasteiger partial charge in [0, 0.05) is 0 Å². The summed E-state index contributed by atoms with van der Waals surface area (Å²) in [6, 6.07) is 0. The predicted molar refractivity (Wildman–Crippen MR) is 45.0 cm³/mol. The molecule has 0 bridgehead atoms. The second-order valence-corrected chi connectivity index (χ2v) is 5.00. The van der Waals surface area contributed by atoms with Crippen LogP contribution < -0.4 is 0 Å². The van der Waals surface area contributed by atoms with Crippen molar-refractivity contribution in [2.24, 2.45) is 0 Å². The summed E-state index contributed by atoms with van der Waals surface area (Å²) in [5.41, 5.74) is 0. The second-order valence-electron chi connectivity index (χ2n) is 2.20. The fourth-order valence-electron chi connectivity index (χ4n) is 0.785. The molecule has 0 aromatic carbocycles. The van der Waals surface area contributed by atoms with E-state index >= 15 is 0 Å². The van der Waals surface area contributed by atoms with Crippen LogP contribution in [-0.4, -0.2) is 27.3 Å². The van der Waals surface area contributed by atoms with Gasteiger partial charge in [-0.15, -0.1) is 23.5 Å². The first-order chi connectivity index (χ1) is 4.30. The summed E-state index contributed by atoms with van der Waals surface area (Å²) >= 11 is 3.77. The van der Waals surface area contributed by atoms with Crippen molar-refractivity contribution in [3.63, 3.8) is 0 Å². The number of aliphatic hydroxyl groups is 1. The molecule has 1 aliphatic rings. The maximum atomic E-state index is 9.14. The topological polar surface area (TPSA) is 20.2 Å². The van der Waals surface area contributed by atoms with Crippen molar-refractivity contribution in [2.45, 2.75) is 24.0 Å². The number of thioether (sulfide) groups is 2. The molecule has 1 heterocycles. The highest BCUT2D eigenvalue weighted by Gasteiger charge is 2.18. The van der Waals surface area contributed by atoms with E-state index in [1.807, 2.05) is 30.4 Å². The number of rotatable bonds is 1. The van der Waals surface area contributed by atoms with E-state index in [0.717, 1.165) is 0 Å². The molecule has 0 aliphatic carbocycles. The lowest BCUT2D eigenvalue weighted by molar-refractivity contribution is 0.212. The molecule has 3 heteroatoms. The lowest BCUT2D eigenvalue weighted by atomic mass is 10.5. The van der Waals surface area contributed by atoms with Crippen molar-refractivity contribution >= 4 is 23.5 Å². The standard InChI is InChI=1S/C6H12OS2/c1-5(7)6-8-3-2-4-9-6/h5-7H,2-4H2,1H3/t5-/m1/s1. The third kappa shape index (κ3) is 2.40. The average Bonchev–Trinajstić information content (AvgIpc) is 1.90. The largest absolute Gasteiger partial charge is 0.391 e. The van der Waals surface area contributed by atoms with Gasteiger partial charge in [0.1, 0.15) is 0 Å². The molecule has 0 spiro atoms. The summed E-state index contributed by atoms with van der Waals surface area (Å²) in [6.07, 6.45) is 1.17. The zero-order valence-corrected chi connectivity index (χ0v) is 7.17. The molecule has 1 saturated heterocycles. The lowest BCUT2D eigenvalue weighted by Crippen LogP contribution is -2.19. The smallest absolute Gasteiger partial charge is 0.0758 e. The summed E-state index contributed by atoms with van der Waals surface area (Å²) in [5, 5.41) is 9.14. The zero-order chi connectivity index (χ0) is 6.69. The van der Waals surface area contributed by atoms with Crippen molar-refractivity contribution in [1.82, 2.24) is 0 Å². The van der Waals surface area contributed by atoms with Gasteiger partial charge >= 0.3 is 0 Å². The maximum absolute atomic E-state index is 9.14. The zero-order valence-electron chi connectivity index (χ0n) is 5.54. The highest BCUT2D eigenvalue weighted by Crippen LogP contribution is 2.32. The quantitative estimate of drug-likeness (QED) is 0.635. The van der Waals surface area contributed by atoms with Crippen LogP contribution in [0.25, 0.3) is 0 Å². The van der Waals surface area contributed by atoms with E-state index < -0.39 is 0 Å². The van der Waals surface area contributed by atoms with E-state index in [1.165, 1.54) is 17.9 Å². The Labute approximate surface area is 64.6 Å². The molecular formula is C6H12OS2. The van der Waals surface area contributed by atoms with E-state index in [9.17, 15) is 0 Å². The van der Waals surface area contributed by atoms with Crippen molar-refractivity contribution in [2.75, 3.05) is 11.5 Å². The SMILES string of the molecule is C[C@@H](O)C1SCCCS1. The first-order valence-electron chi connectivity index (χ1n) is 3.22. The number of aliphatic hydroxyl groups excluding tert-OH is 1. The van der Waals surface area contributed by atoms with Crippen LogP contribution in [0, 0.1) is 0 Å². The summed E-state index contributed by atoms with van der Waals surface area (Å²) < 4.78 is 0.443. The van der Waals surface area contributed by atoms with Gasteiger partial charge in [-0.25, -0.2) is 0 Å². The molecule has 0 saturated carbocycles. The Balaban J connectivity index is 2.23. The van der Waals surface area contributed by atoms with Crippen molar-refractivity contribution in [1.29, 1.82) is 0 Å². The van der Waals surface area contributed by atoms with Crippen LogP contribution in [0.3, 0.4) is 0 Å². The van der Waals surface area contributed by atoms with Crippen molar-refractivity contribution in [3.05, 3.63) is 0 Å². The molecule has 1 rings (SSSR count). The molecule has 0 aromatic rings. The van der Waals surface area contributed by atoms with Gasteiger partial charge in [0.25, 0.3) is 0 Å². The first kappa shape index (κ1) is 7.76. The maximum Gasteiger partial charge on any atom is 0.0758 e. The van der Waals surface area contributed by atoms with Crippen LogP contribution in [0.4, 0.5) is 0 Å². The fourth-order valence-corrected chi connectivity index (χ4v) is 3.57. The number of hydrogen-bond acceptors (Lipinski definition) is 3. The molecule has 1 fully saturated rings. The van der Waals surface area contributed by atoms with Crippen LogP contribution >= 0.6 is 23.5 Å². The van der Waals surface area contributed by atoms with Crippen molar-refractivity contribution < 1.29 is 5.11 Å². The van der Waals surface area contributed by atoms with E-state index in [-0.39, 0.29) is 6.10 Å². The van der Waals surface area contributed by atoms with Crippen LogP contribution in [0.1, 0.15) is 13.3 Å². The highest BCUT2D eigenvalue weighted by atomic mass is 32.2. The van der Waals surface area contributed by atoms with Crippen LogP contribution in [0.2, 0.25) is 0 Å². The van der Waals surface area contributed by atoms with Crippen molar-refractivity contribution in [3.8, 4) is 0 Å². The third-order valence-corrected chi connectivity index (χ3v) is 4.56. The molecule has 1 N–H and O–H groups in total. The molecule has 0 aromatic heterocycles. The Morgan fingerprint density at radius 2 is 2.00 bits per heavy atom. The molecular weight excluding hydrogens is 152 g/mol. The lowest BCUT2D eigenvalue weighted by Gasteiger charge is -2.22. The third-order valence-electron chi connectivity index (χ3n) is 1.25. The summed E-state index contributed by atoms with van der Waals surface area (Å²) in [6.45, 7) is 1.87. The Hall–Kier alpha value is 0.660. The Kier molecular flexibility index (Phi) is 3.22. The Morgan fingerprint density at radius 3 is 2.33 bits per heavy atom. The molecule has 1 aliphatic heterocycles. The summed E-state index contributed by atoms with van der Waals surface area (Å²) in [7, 11) is 0. The van der Waals surface area contributed by atoms with E-state index in [2.05, 4.69) is 0 Å². The number of hydrogen-bond donors (Lipinski definition) is 1. The Bertz CT molecular complexity index is 79.1. The molecule has 9 heavy (non-hydrogen) atoms. The van der Waals surface area contributed by atoms with Crippen LogP contribution in [0.5, 0.6) is 0 Å². The average molecular weight is 164 g/mol. The van der Waals surface area contributed by atoms with Gasteiger partial charge < -0.3 is 5.11 Å². The molecule has 1 atom stereocenters. The van der Waals surface area contributed by atoms with E-state index in [1.54, 1.807) is 0 Å². The normalized spacial score (nSPS) is 26.0. The van der Waals surface area contributed by atoms with Gasteiger partial charge in [0.05, 0.1) is 10.7 Å². The molecule has 54 valence electrons. The van der Waals surface area contributed by atoms with Gasteiger partial charge in [0.2, 0.25) is 0 Å². The molecule has 0 amide bonds. The van der Waals surface area contributed by atoms with Gasteiger partial charge in [-0.05, 0) is 24.9 Å². The van der Waals surface area contributed by atoms with E-state index in [0.29, 0.717) is 4.58 Å². The predicted octanol–water partition coefficient (Wildman–Crippen LogP) is 1.56. The van der Waals surface area contributed by atoms with Crippen LogP contribution in [0.15, 0.2) is 0 Å². The molecule has 0 unspecified atom stereocenters. The minimum atomic E-state index is -0.139. The summed E-state index contributed by atoms with van der Waals surface area (Å²) in [4.78, 5) is 0. The fraction of sp³-hybridized carbons (Fsp3) is 1.00. The van der Waals surface area contributed by atoms with Gasteiger partial charge in [0.15, 0.2) is 0 Å². The van der Waals surface area contributed by atoms with Gasteiger partial charge in [-0.1, -0.05) is 0 Å². The molecule has 0 radical (unpaired) electrons. The molecule has 1 nitrogen and oxygen atoms in total. The second kappa shape index (κ2) is 3.74. The Morgan fingerprint density at radius 1 is 1.44 bits per heavy atom. The highest BCUT2D eigenvalue weighted by molar-refractivity contribution is 8.17. The van der Waals surface area contributed by atoms with Gasteiger partial charge in [-0.3, -0.25) is 0 Å². The minimum Gasteiger partial charge on any atom is -0.391 e. The first-order valence-corrected chi connectivity index (χ1v) is 5.32. The summed E-state index contributed by atoms with van der Waals surface area (Å²) in [5.74, 6) is 2.45.